The molecule has 1 fully saturated rings. The predicted molar refractivity (Wildman–Crippen MR) is 66.8 cm³/mol. The van der Waals surface area contributed by atoms with Crippen LogP contribution in [-0.4, -0.2) is 24.4 Å². The number of ether oxygens (including phenoxy) is 2. The molecule has 0 spiro atoms. The molecule has 1 aromatic rings. The average Bonchev–Trinajstić information content (AvgIpc) is 2.97. The maximum atomic E-state index is 10.9. The quantitative estimate of drug-likeness (QED) is 0.873. The number of aliphatic carboxylic acids is 1. The van der Waals surface area contributed by atoms with Crippen LogP contribution in [0.4, 0.5) is 0 Å². The Morgan fingerprint density at radius 1 is 1.44 bits per heavy atom. The Bertz CT molecular complexity index is 505. The molecule has 0 saturated carbocycles. The van der Waals surface area contributed by atoms with Gasteiger partial charge in [0.05, 0.1) is 10.4 Å². The van der Waals surface area contributed by atoms with Gasteiger partial charge in [-0.25, -0.2) is 0 Å². The highest BCUT2D eigenvalue weighted by Gasteiger charge is 2.31. The normalized spacial score (nSPS) is 25.4. The summed E-state index contributed by atoms with van der Waals surface area (Å²) in [6.07, 6.45) is 0.599. The van der Waals surface area contributed by atoms with Crippen LogP contribution in [-0.2, 0) is 4.79 Å². The van der Waals surface area contributed by atoms with Crippen molar-refractivity contribution in [1.29, 1.82) is 0 Å². The van der Waals surface area contributed by atoms with Crippen molar-refractivity contribution in [1.82, 2.24) is 5.32 Å². The van der Waals surface area contributed by atoms with Crippen LogP contribution in [0.5, 0.6) is 11.5 Å². The maximum absolute atomic E-state index is 10.9. The summed E-state index contributed by atoms with van der Waals surface area (Å²) in [4.78, 5) is 10.9. The van der Waals surface area contributed by atoms with Gasteiger partial charge in [-0.05, 0) is 40.0 Å². The van der Waals surface area contributed by atoms with E-state index in [0.29, 0.717) is 24.5 Å². The molecule has 18 heavy (non-hydrogen) atoms. The van der Waals surface area contributed by atoms with E-state index in [0.717, 1.165) is 10.0 Å². The molecule has 3 rings (SSSR count). The van der Waals surface area contributed by atoms with E-state index >= 15 is 0 Å². The molecule has 1 aromatic carbocycles. The minimum atomic E-state index is -0.746. The zero-order valence-corrected chi connectivity index (χ0v) is 11.1. The van der Waals surface area contributed by atoms with Gasteiger partial charge in [-0.1, -0.05) is 0 Å². The summed E-state index contributed by atoms with van der Waals surface area (Å²) >= 11 is 3.44. The van der Waals surface area contributed by atoms with E-state index in [1.54, 1.807) is 0 Å². The van der Waals surface area contributed by atoms with Crippen molar-refractivity contribution in [3.63, 3.8) is 0 Å². The Kier molecular flexibility index (Phi) is 2.91. The number of hydrogen-bond donors (Lipinski definition) is 2. The Hall–Kier alpha value is -1.27. The number of nitrogens with one attached hydrogen (secondary N) is 1. The number of carbonyl (C=O) groups is 1. The Balaban J connectivity index is 1.86. The molecule has 0 bridgehead atoms. The molecule has 96 valence electrons. The van der Waals surface area contributed by atoms with Crippen LogP contribution >= 0.6 is 15.9 Å². The molecular weight excluding hydrogens is 302 g/mol. The van der Waals surface area contributed by atoms with E-state index in [4.69, 9.17) is 14.6 Å². The van der Waals surface area contributed by atoms with Crippen LogP contribution in [0.3, 0.4) is 0 Å². The third-order valence-corrected chi connectivity index (χ3v) is 3.92. The summed E-state index contributed by atoms with van der Waals surface area (Å²) in [5.74, 6) is 0.357. The highest BCUT2D eigenvalue weighted by atomic mass is 79.9. The van der Waals surface area contributed by atoms with Crippen LogP contribution in [0.2, 0.25) is 0 Å². The van der Waals surface area contributed by atoms with E-state index < -0.39 is 5.97 Å². The summed E-state index contributed by atoms with van der Waals surface area (Å²) in [5, 5.41) is 12.2. The topological polar surface area (TPSA) is 67.8 Å². The molecular formula is C12H12BrNO4. The first kappa shape index (κ1) is 11.8. The van der Waals surface area contributed by atoms with Gasteiger partial charge in [0.1, 0.15) is 0 Å². The maximum Gasteiger partial charge on any atom is 0.307 e. The summed E-state index contributed by atoms with van der Waals surface area (Å²) in [6, 6.07) is 3.92. The van der Waals surface area contributed by atoms with E-state index in [9.17, 15) is 4.79 Å². The number of carboxylic acid groups (broad SMARTS) is 1. The van der Waals surface area contributed by atoms with E-state index in [1.807, 2.05) is 12.1 Å². The highest BCUT2D eigenvalue weighted by molar-refractivity contribution is 9.10. The van der Waals surface area contributed by atoms with Gasteiger partial charge >= 0.3 is 5.97 Å². The lowest BCUT2D eigenvalue weighted by Crippen LogP contribution is -2.17. The van der Waals surface area contributed by atoms with Crippen molar-refractivity contribution in [2.45, 2.75) is 12.5 Å². The molecule has 2 N–H and O–H groups in total. The molecule has 0 amide bonds. The summed E-state index contributed by atoms with van der Waals surface area (Å²) in [6.45, 7) is 0.735. The number of halogens is 1. The number of fused-ring (bicyclic) bond motifs is 1. The molecule has 6 heteroatoms. The van der Waals surface area contributed by atoms with Gasteiger partial charge in [0.25, 0.3) is 0 Å². The van der Waals surface area contributed by atoms with Crippen molar-refractivity contribution in [3.05, 3.63) is 22.2 Å². The minimum absolute atomic E-state index is 0.0527. The average molecular weight is 314 g/mol. The van der Waals surface area contributed by atoms with Crippen molar-refractivity contribution in [2.24, 2.45) is 5.92 Å². The Labute approximate surface area is 112 Å². The van der Waals surface area contributed by atoms with Crippen LogP contribution in [0.1, 0.15) is 18.0 Å². The van der Waals surface area contributed by atoms with Crippen LogP contribution in [0.25, 0.3) is 0 Å². The lowest BCUT2D eigenvalue weighted by Gasteiger charge is -2.12. The number of carboxylic acids is 1. The molecule has 2 atom stereocenters. The lowest BCUT2D eigenvalue weighted by molar-refractivity contribution is -0.141. The lowest BCUT2D eigenvalue weighted by atomic mass is 10.00. The fraction of sp³-hybridized carbons (Fsp3) is 0.417. The summed E-state index contributed by atoms with van der Waals surface area (Å²) in [7, 11) is 0. The van der Waals surface area contributed by atoms with E-state index in [1.165, 1.54) is 0 Å². The molecule has 0 radical (unpaired) electrons. The predicted octanol–water partition coefficient (Wildman–Crippen LogP) is 1.91. The number of benzene rings is 1. The largest absolute Gasteiger partial charge is 0.481 e. The van der Waals surface area contributed by atoms with Crippen LogP contribution in [0.15, 0.2) is 16.6 Å². The van der Waals surface area contributed by atoms with Crippen LogP contribution in [0, 0.1) is 5.92 Å². The molecule has 5 nitrogen and oxygen atoms in total. The molecule has 2 aliphatic rings. The fourth-order valence-corrected chi connectivity index (χ4v) is 2.94. The first-order valence-corrected chi connectivity index (χ1v) is 6.49. The smallest absolute Gasteiger partial charge is 0.307 e. The third-order valence-electron chi connectivity index (χ3n) is 3.33. The Morgan fingerprint density at radius 3 is 3.00 bits per heavy atom. The molecule has 2 heterocycles. The molecule has 2 unspecified atom stereocenters. The summed E-state index contributed by atoms with van der Waals surface area (Å²) < 4.78 is 11.5. The van der Waals surface area contributed by atoms with E-state index in [2.05, 4.69) is 21.2 Å². The summed E-state index contributed by atoms with van der Waals surface area (Å²) in [5.41, 5.74) is 1.02. The van der Waals surface area contributed by atoms with Gasteiger partial charge in [0.15, 0.2) is 11.5 Å². The van der Waals surface area contributed by atoms with Crippen molar-refractivity contribution in [2.75, 3.05) is 13.3 Å². The standard InChI is InChI=1S/C12H12BrNO4/c13-8-1-6(3-10-11(8)18-5-17-10)9-2-7(4-14-9)12(15)16/h1,3,7,9,14H,2,4-5H2,(H,15,16). The molecule has 0 aliphatic carbocycles. The molecule has 2 aliphatic heterocycles. The van der Waals surface area contributed by atoms with Crippen molar-refractivity contribution in [3.8, 4) is 11.5 Å². The fourth-order valence-electron chi connectivity index (χ4n) is 2.37. The minimum Gasteiger partial charge on any atom is -0.481 e. The van der Waals surface area contributed by atoms with Gasteiger partial charge < -0.3 is 19.9 Å². The number of rotatable bonds is 2. The van der Waals surface area contributed by atoms with Gasteiger partial charge in [0.2, 0.25) is 6.79 Å². The van der Waals surface area contributed by atoms with Gasteiger partial charge in [-0.15, -0.1) is 0 Å². The van der Waals surface area contributed by atoms with Gasteiger partial charge in [-0.2, -0.15) is 0 Å². The number of hydrogen-bond acceptors (Lipinski definition) is 4. The second-order valence-corrected chi connectivity index (χ2v) is 5.32. The Morgan fingerprint density at radius 2 is 2.28 bits per heavy atom. The molecule has 0 aromatic heterocycles. The van der Waals surface area contributed by atoms with E-state index in [-0.39, 0.29) is 18.8 Å². The monoisotopic (exact) mass is 313 g/mol. The first-order chi connectivity index (χ1) is 8.65. The first-order valence-electron chi connectivity index (χ1n) is 5.70. The zero-order valence-electron chi connectivity index (χ0n) is 9.48. The van der Waals surface area contributed by atoms with Gasteiger partial charge in [0, 0.05) is 12.6 Å². The zero-order chi connectivity index (χ0) is 12.7. The van der Waals surface area contributed by atoms with Crippen molar-refractivity contribution >= 4 is 21.9 Å². The van der Waals surface area contributed by atoms with Crippen molar-refractivity contribution < 1.29 is 19.4 Å². The third kappa shape index (κ3) is 1.95. The SMILES string of the molecule is O=C(O)C1CNC(c2cc(Br)c3c(c2)OCO3)C1. The molecule has 1 saturated heterocycles. The van der Waals surface area contributed by atoms with Crippen LogP contribution < -0.4 is 14.8 Å². The highest BCUT2D eigenvalue weighted by Crippen LogP contribution is 2.42. The second-order valence-electron chi connectivity index (χ2n) is 4.47. The van der Waals surface area contributed by atoms with Gasteiger partial charge in [-0.3, -0.25) is 4.79 Å². The second kappa shape index (κ2) is 4.44.